The van der Waals surface area contributed by atoms with E-state index in [0.29, 0.717) is 6.42 Å². The molecule has 0 amide bonds. The Morgan fingerprint density at radius 3 is 2.87 bits per heavy atom. The Morgan fingerprint density at radius 1 is 1.60 bits per heavy atom. The van der Waals surface area contributed by atoms with Crippen LogP contribution in [0.4, 0.5) is 0 Å². The lowest BCUT2D eigenvalue weighted by atomic mass is 10.1. The number of hydrogen-bond acceptors (Lipinski definition) is 2. The summed E-state index contributed by atoms with van der Waals surface area (Å²) >= 11 is 0. The molecule has 0 saturated heterocycles. The second-order valence-electron chi connectivity index (χ2n) is 3.80. The number of aromatic nitrogens is 1. The second-order valence-corrected chi connectivity index (χ2v) is 3.80. The molecule has 0 radical (unpaired) electrons. The summed E-state index contributed by atoms with van der Waals surface area (Å²) in [5.74, 6) is -0.908. The van der Waals surface area contributed by atoms with E-state index in [4.69, 9.17) is 10.8 Å². The van der Waals surface area contributed by atoms with Crippen LogP contribution in [0, 0.1) is 0 Å². The monoisotopic (exact) mass is 210 g/mol. The van der Waals surface area contributed by atoms with Gasteiger partial charge in [0.15, 0.2) is 0 Å². The fourth-order valence-electron chi connectivity index (χ4n) is 1.55. The van der Waals surface area contributed by atoms with Gasteiger partial charge in [-0.1, -0.05) is 6.42 Å². The third-order valence-electron chi connectivity index (χ3n) is 2.57. The van der Waals surface area contributed by atoms with E-state index in [1.54, 1.807) is 0 Å². The van der Waals surface area contributed by atoms with E-state index < -0.39 is 12.0 Å². The smallest absolute Gasteiger partial charge is 0.320 e. The van der Waals surface area contributed by atoms with Crippen molar-refractivity contribution in [2.75, 3.05) is 0 Å². The van der Waals surface area contributed by atoms with Crippen LogP contribution in [0.3, 0.4) is 0 Å². The molecule has 4 heteroatoms. The van der Waals surface area contributed by atoms with Crippen molar-refractivity contribution in [2.24, 2.45) is 12.8 Å². The molecule has 0 aliphatic rings. The van der Waals surface area contributed by atoms with Crippen molar-refractivity contribution >= 4 is 5.97 Å². The van der Waals surface area contributed by atoms with Gasteiger partial charge in [0, 0.05) is 18.9 Å². The van der Waals surface area contributed by atoms with Crippen LogP contribution in [0.15, 0.2) is 18.3 Å². The van der Waals surface area contributed by atoms with Crippen molar-refractivity contribution in [2.45, 2.75) is 31.7 Å². The SMILES string of the molecule is Cn1cccc1CCCCC(N)C(=O)O. The van der Waals surface area contributed by atoms with Gasteiger partial charge in [-0.25, -0.2) is 0 Å². The Bertz CT molecular complexity index is 320. The van der Waals surface area contributed by atoms with Crippen LogP contribution in [0.2, 0.25) is 0 Å². The highest BCUT2D eigenvalue weighted by molar-refractivity contribution is 5.72. The first-order chi connectivity index (χ1) is 7.11. The number of aryl methyl sites for hydroxylation is 2. The summed E-state index contributed by atoms with van der Waals surface area (Å²) in [7, 11) is 2.01. The van der Waals surface area contributed by atoms with Gasteiger partial charge in [-0.2, -0.15) is 0 Å². The minimum absolute atomic E-state index is 0.555. The molecule has 0 aliphatic heterocycles. The van der Waals surface area contributed by atoms with Gasteiger partial charge in [0.25, 0.3) is 0 Å². The van der Waals surface area contributed by atoms with Gasteiger partial charge >= 0.3 is 5.97 Å². The molecule has 1 aromatic rings. The molecular weight excluding hydrogens is 192 g/mol. The molecule has 15 heavy (non-hydrogen) atoms. The lowest BCUT2D eigenvalue weighted by Gasteiger charge is -2.06. The number of carboxylic acids is 1. The molecule has 0 fully saturated rings. The summed E-state index contributed by atoms with van der Waals surface area (Å²) in [5, 5.41) is 8.58. The second kappa shape index (κ2) is 5.56. The molecule has 3 N–H and O–H groups in total. The zero-order valence-electron chi connectivity index (χ0n) is 9.02. The van der Waals surface area contributed by atoms with E-state index in [-0.39, 0.29) is 0 Å². The van der Waals surface area contributed by atoms with Crippen LogP contribution >= 0.6 is 0 Å². The first-order valence-electron chi connectivity index (χ1n) is 5.20. The average molecular weight is 210 g/mol. The lowest BCUT2D eigenvalue weighted by Crippen LogP contribution is -2.29. The molecule has 0 bridgehead atoms. The van der Waals surface area contributed by atoms with Gasteiger partial charge in [0.2, 0.25) is 0 Å². The highest BCUT2D eigenvalue weighted by atomic mass is 16.4. The maximum Gasteiger partial charge on any atom is 0.320 e. The normalized spacial score (nSPS) is 12.7. The van der Waals surface area contributed by atoms with E-state index in [1.807, 2.05) is 19.3 Å². The first-order valence-corrected chi connectivity index (χ1v) is 5.20. The van der Waals surface area contributed by atoms with Crippen LogP contribution in [0.1, 0.15) is 25.0 Å². The average Bonchev–Trinajstić information content (AvgIpc) is 2.58. The van der Waals surface area contributed by atoms with E-state index in [0.717, 1.165) is 19.3 Å². The maximum absolute atomic E-state index is 10.4. The number of aliphatic carboxylic acids is 1. The quantitative estimate of drug-likeness (QED) is 0.692. The predicted octanol–water partition coefficient (Wildman–Crippen LogP) is 1.15. The van der Waals surface area contributed by atoms with Crippen molar-refractivity contribution in [1.82, 2.24) is 4.57 Å². The summed E-state index contributed by atoms with van der Waals surface area (Å²) in [6.45, 7) is 0. The minimum Gasteiger partial charge on any atom is -0.480 e. The van der Waals surface area contributed by atoms with Crippen LogP contribution in [-0.2, 0) is 18.3 Å². The first kappa shape index (κ1) is 11.8. The summed E-state index contributed by atoms with van der Waals surface area (Å²) in [6, 6.07) is 3.38. The van der Waals surface area contributed by atoms with Crippen molar-refractivity contribution < 1.29 is 9.90 Å². The molecule has 0 aromatic carbocycles. The van der Waals surface area contributed by atoms with Crippen molar-refractivity contribution in [3.63, 3.8) is 0 Å². The van der Waals surface area contributed by atoms with Crippen molar-refractivity contribution in [3.8, 4) is 0 Å². The third-order valence-corrected chi connectivity index (χ3v) is 2.57. The van der Waals surface area contributed by atoms with Gasteiger partial charge in [0.1, 0.15) is 6.04 Å². The minimum atomic E-state index is -0.908. The van der Waals surface area contributed by atoms with E-state index in [2.05, 4.69) is 10.6 Å². The zero-order valence-corrected chi connectivity index (χ0v) is 9.02. The highest BCUT2D eigenvalue weighted by Crippen LogP contribution is 2.07. The Balaban J connectivity index is 2.17. The van der Waals surface area contributed by atoms with Gasteiger partial charge < -0.3 is 15.4 Å². The summed E-state index contributed by atoms with van der Waals surface area (Å²) in [4.78, 5) is 10.4. The Morgan fingerprint density at radius 2 is 2.33 bits per heavy atom. The summed E-state index contributed by atoms with van der Waals surface area (Å²) in [6.07, 6.45) is 5.39. The molecule has 1 unspecified atom stereocenters. The maximum atomic E-state index is 10.4. The summed E-state index contributed by atoms with van der Waals surface area (Å²) in [5.41, 5.74) is 6.68. The Kier molecular flexibility index (Phi) is 4.37. The molecule has 1 aromatic heterocycles. The number of rotatable bonds is 6. The molecule has 0 saturated carbocycles. The Labute approximate surface area is 89.7 Å². The van der Waals surface area contributed by atoms with Crippen LogP contribution in [0.5, 0.6) is 0 Å². The largest absolute Gasteiger partial charge is 0.480 e. The molecule has 1 atom stereocenters. The number of carbonyl (C=O) groups is 1. The number of carboxylic acid groups (broad SMARTS) is 1. The molecule has 1 heterocycles. The highest BCUT2D eigenvalue weighted by Gasteiger charge is 2.10. The Hall–Kier alpha value is -1.29. The van der Waals surface area contributed by atoms with Gasteiger partial charge in [0.05, 0.1) is 0 Å². The topological polar surface area (TPSA) is 68.2 Å². The van der Waals surface area contributed by atoms with Crippen LogP contribution in [0.25, 0.3) is 0 Å². The van der Waals surface area contributed by atoms with Gasteiger partial charge in [-0.05, 0) is 31.4 Å². The molecule has 1 rings (SSSR count). The van der Waals surface area contributed by atoms with Crippen LogP contribution < -0.4 is 5.73 Å². The van der Waals surface area contributed by atoms with Crippen LogP contribution in [-0.4, -0.2) is 21.7 Å². The number of unbranched alkanes of at least 4 members (excludes halogenated alkanes) is 1. The van der Waals surface area contributed by atoms with Crippen molar-refractivity contribution in [1.29, 1.82) is 0 Å². The fourth-order valence-corrected chi connectivity index (χ4v) is 1.55. The molecule has 0 spiro atoms. The standard InChI is InChI=1S/C11H18N2O2/c1-13-8-4-6-9(13)5-2-3-7-10(12)11(14)15/h4,6,8,10H,2-3,5,7,12H2,1H3,(H,14,15). The van der Waals surface area contributed by atoms with E-state index >= 15 is 0 Å². The number of hydrogen-bond donors (Lipinski definition) is 2. The van der Waals surface area contributed by atoms with E-state index in [9.17, 15) is 4.79 Å². The third kappa shape index (κ3) is 3.75. The zero-order chi connectivity index (χ0) is 11.3. The van der Waals surface area contributed by atoms with Crippen molar-refractivity contribution in [3.05, 3.63) is 24.0 Å². The lowest BCUT2D eigenvalue weighted by molar-refractivity contribution is -0.138. The molecule has 4 nitrogen and oxygen atoms in total. The number of nitrogens with zero attached hydrogens (tertiary/aromatic N) is 1. The summed E-state index contributed by atoms with van der Waals surface area (Å²) < 4.78 is 2.08. The van der Waals surface area contributed by atoms with Gasteiger partial charge in [-0.15, -0.1) is 0 Å². The molecule has 0 aliphatic carbocycles. The van der Waals surface area contributed by atoms with E-state index in [1.165, 1.54) is 5.69 Å². The number of nitrogens with two attached hydrogens (primary N) is 1. The molecular formula is C11H18N2O2. The predicted molar refractivity (Wildman–Crippen MR) is 58.6 cm³/mol. The molecule has 84 valence electrons. The fraction of sp³-hybridized carbons (Fsp3) is 0.545. The van der Waals surface area contributed by atoms with Gasteiger partial charge in [-0.3, -0.25) is 4.79 Å².